The zero-order valence-electron chi connectivity index (χ0n) is 12.0. The molecule has 6 nitrogen and oxygen atoms in total. The smallest absolute Gasteiger partial charge is 0.319 e. The zero-order valence-corrected chi connectivity index (χ0v) is 12.0. The van der Waals surface area contributed by atoms with Crippen LogP contribution < -0.4 is 15.4 Å². The molecule has 2 aromatic rings. The minimum atomic E-state index is -0.312. The number of amides is 2. The van der Waals surface area contributed by atoms with E-state index in [0.29, 0.717) is 18.2 Å². The molecule has 2 amide bonds. The molecule has 0 saturated heterocycles. The van der Waals surface area contributed by atoms with E-state index < -0.39 is 0 Å². The molecule has 0 fully saturated rings. The maximum Gasteiger partial charge on any atom is 0.319 e. The summed E-state index contributed by atoms with van der Waals surface area (Å²) in [5.74, 6) is 0.409. The lowest BCUT2D eigenvalue weighted by molar-refractivity contribution is 0.249. The van der Waals surface area contributed by atoms with Gasteiger partial charge >= 0.3 is 6.03 Å². The Kier molecular flexibility index (Phi) is 5.09. The van der Waals surface area contributed by atoms with E-state index in [1.54, 1.807) is 30.7 Å². The number of ether oxygens (including phenoxy) is 1. The van der Waals surface area contributed by atoms with E-state index in [1.165, 1.54) is 0 Å². The number of rotatable bonds is 5. The van der Waals surface area contributed by atoms with Gasteiger partial charge in [-0.1, -0.05) is 0 Å². The van der Waals surface area contributed by atoms with Gasteiger partial charge in [0.15, 0.2) is 0 Å². The molecule has 2 aromatic heterocycles. The summed E-state index contributed by atoms with van der Waals surface area (Å²) in [6, 6.07) is 6.77. The molecule has 0 aromatic carbocycles. The second-order valence-corrected chi connectivity index (χ2v) is 4.39. The summed E-state index contributed by atoms with van der Waals surface area (Å²) in [6.45, 7) is 4.26. The first-order chi connectivity index (χ1) is 10.2. The van der Waals surface area contributed by atoms with Crippen molar-refractivity contribution in [2.75, 3.05) is 11.9 Å². The van der Waals surface area contributed by atoms with Crippen LogP contribution in [0.25, 0.3) is 0 Å². The number of carbonyl (C=O) groups excluding carboxylic acids is 1. The first kappa shape index (κ1) is 14.8. The van der Waals surface area contributed by atoms with Crippen molar-refractivity contribution in [3.8, 4) is 5.88 Å². The highest BCUT2D eigenvalue weighted by atomic mass is 16.5. The predicted molar refractivity (Wildman–Crippen MR) is 80.2 cm³/mol. The number of carbonyl (C=O) groups is 1. The molecule has 2 heterocycles. The third kappa shape index (κ3) is 4.17. The van der Waals surface area contributed by atoms with Crippen molar-refractivity contribution in [3.63, 3.8) is 0 Å². The summed E-state index contributed by atoms with van der Waals surface area (Å²) in [5, 5.41) is 5.60. The zero-order chi connectivity index (χ0) is 15.1. The molecular weight excluding hydrogens is 268 g/mol. The second-order valence-electron chi connectivity index (χ2n) is 4.39. The van der Waals surface area contributed by atoms with E-state index in [-0.39, 0.29) is 12.1 Å². The molecule has 6 heteroatoms. The first-order valence-corrected chi connectivity index (χ1v) is 6.76. The van der Waals surface area contributed by atoms with Crippen LogP contribution in [0.5, 0.6) is 5.88 Å². The molecule has 0 bridgehead atoms. The average Bonchev–Trinajstić information content (AvgIpc) is 2.50. The minimum absolute atomic E-state index is 0.125. The normalized spacial score (nSPS) is 11.5. The van der Waals surface area contributed by atoms with Gasteiger partial charge in [0.05, 0.1) is 12.6 Å². The maximum atomic E-state index is 12.0. The first-order valence-electron chi connectivity index (χ1n) is 6.76. The van der Waals surface area contributed by atoms with Crippen LogP contribution in [0.3, 0.4) is 0 Å². The molecule has 1 atom stereocenters. The molecule has 0 spiro atoms. The Morgan fingerprint density at radius 2 is 2.05 bits per heavy atom. The molecular formula is C15H18N4O2. The number of aromatic nitrogens is 2. The van der Waals surface area contributed by atoms with Gasteiger partial charge in [-0.25, -0.2) is 9.78 Å². The molecule has 2 N–H and O–H groups in total. The summed E-state index contributed by atoms with van der Waals surface area (Å²) in [5.41, 5.74) is 1.52. The van der Waals surface area contributed by atoms with Crippen LogP contribution in [0.2, 0.25) is 0 Å². The Labute approximate surface area is 123 Å². The molecule has 2 rings (SSSR count). The molecule has 110 valence electrons. The lowest BCUT2D eigenvalue weighted by Crippen LogP contribution is -2.31. The van der Waals surface area contributed by atoms with E-state index in [0.717, 1.165) is 5.56 Å². The SMILES string of the molecule is CCOc1ncccc1NC(=O)N[C@H](C)c1ccncc1. The van der Waals surface area contributed by atoms with Crippen LogP contribution >= 0.6 is 0 Å². The Morgan fingerprint density at radius 1 is 1.29 bits per heavy atom. The molecule has 0 aliphatic rings. The van der Waals surface area contributed by atoms with E-state index in [9.17, 15) is 4.79 Å². The van der Waals surface area contributed by atoms with Crippen LogP contribution in [0.4, 0.5) is 10.5 Å². The highest BCUT2D eigenvalue weighted by molar-refractivity contribution is 5.90. The fourth-order valence-corrected chi connectivity index (χ4v) is 1.83. The van der Waals surface area contributed by atoms with Crippen LogP contribution in [0, 0.1) is 0 Å². The van der Waals surface area contributed by atoms with Gasteiger partial charge in [0.1, 0.15) is 5.69 Å². The Morgan fingerprint density at radius 3 is 2.76 bits per heavy atom. The molecule has 0 saturated carbocycles. The van der Waals surface area contributed by atoms with Gasteiger partial charge in [-0.15, -0.1) is 0 Å². The average molecular weight is 286 g/mol. The quantitative estimate of drug-likeness (QED) is 0.886. The molecule has 0 radical (unpaired) electrons. The van der Waals surface area contributed by atoms with Gasteiger partial charge in [-0.2, -0.15) is 0 Å². The van der Waals surface area contributed by atoms with Crippen molar-refractivity contribution in [1.82, 2.24) is 15.3 Å². The lowest BCUT2D eigenvalue weighted by Gasteiger charge is -2.15. The molecule has 0 aliphatic heterocycles. The van der Waals surface area contributed by atoms with E-state index >= 15 is 0 Å². The summed E-state index contributed by atoms with van der Waals surface area (Å²) >= 11 is 0. The topological polar surface area (TPSA) is 76.1 Å². The summed E-state index contributed by atoms with van der Waals surface area (Å²) in [6.07, 6.45) is 5.01. The number of nitrogens with zero attached hydrogens (tertiary/aromatic N) is 2. The third-order valence-corrected chi connectivity index (χ3v) is 2.85. The van der Waals surface area contributed by atoms with Crippen LogP contribution in [0.1, 0.15) is 25.5 Å². The van der Waals surface area contributed by atoms with Crippen molar-refractivity contribution >= 4 is 11.7 Å². The standard InChI is InChI=1S/C15H18N4O2/c1-3-21-14-13(5-4-8-17-14)19-15(20)18-11(2)12-6-9-16-10-7-12/h4-11H,3H2,1-2H3,(H2,18,19,20)/t11-/m1/s1. The highest BCUT2D eigenvalue weighted by Gasteiger charge is 2.12. The Bertz CT molecular complexity index is 589. The number of nitrogens with one attached hydrogen (secondary N) is 2. The molecule has 0 aliphatic carbocycles. The fraction of sp³-hybridized carbons (Fsp3) is 0.267. The van der Waals surface area contributed by atoms with Crippen molar-refractivity contribution in [2.24, 2.45) is 0 Å². The molecule has 21 heavy (non-hydrogen) atoms. The van der Waals surface area contributed by atoms with E-state index in [4.69, 9.17) is 4.74 Å². The Balaban J connectivity index is 1.99. The number of anilines is 1. The second kappa shape index (κ2) is 7.23. The van der Waals surface area contributed by atoms with Gasteiger partial charge in [0.25, 0.3) is 0 Å². The van der Waals surface area contributed by atoms with Crippen molar-refractivity contribution in [3.05, 3.63) is 48.4 Å². The largest absolute Gasteiger partial charge is 0.476 e. The minimum Gasteiger partial charge on any atom is -0.476 e. The molecule has 0 unspecified atom stereocenters. The maximum absolute atomic E-state index is 12.0. The Hall–Kier alpha value is -2.63. The lowest BCUT2D eigenvalue weighted by atomic mass is 10.1. The fourth-order valence-electron chi connectivity index (χ4n) is 1.83. The van der Waals surface area contributed by atoms with Gasteiger partial charge in [0.2, 0.25) is 5.88 Å². The van der Waals surface area contributed by atoms with Crippen molar-refractivity contribution in [2.45, 2.75) is 19.9 Å². The van der Waals surface area contributed by atoms with Crippen molar-refractivity contribution < 1.29 is 9.53 Å². The monoisotopic (exact) mass is 286 g/mol. The number of hydrogen-bond acceptors (Lipinski definition) is 4. The highest BCUT2D eigenvalue weighted by Crippen LogP contribution is 2.20. The van der Waals surface area contributed by atoms with Gasteiger partial charge in [-0.3, -0.25) is 4.98 Å². The summed E-state index contributed by atoms with van der Waals surface area (Å²) in [4.78, 5) is 20.1. The van der Waals surface area contributed by atoms with Gasteiger partial charge < -0.3 is 15.4 Å². The number of hydrogen-bond donors (Lipinski definition) is 2. The van der Waals surface area contributed by atoms with Crippen LogP contribution in [-0.4, -0.2) is 22.6 Å². The van der Waals surface area contributed by atoms with E-state index in [2.05, 4.69) is 20.6 Å². The van der Waals surface area contributed by atoms with Crippen LogP contribution in [0.15, 0.2) is 42.9 Å². The van der Waals surface area contributed by atoms with Gasteiger partial charge in [0, 0.05) is 18.6 Å². The van der Waals surface area contributed by atoms with E-state index in [1.807, 2.05) is 26.0 Å². The van der Waals surface area contributed by atoms with Gasteiger partial charge in [-0.05, 0) is 43.7 Å². The van der Waals surface area contributed by atoms with Crippen LogP contribution in [-0.2, 0) is 0 Å². The summed E-state index contributed by atoms with van der Waals surface area (Å²) in [7, 11) is 0. The summed E-state index contributed by atoms with van der Waals surface area (Å²) < 4.78 is 5.37. The van der Waals surface area contributed by atoms with Crippen molar-refractivity contribution in [1.29, 1.82) is 0 Å². The number of pyridine rings is 2. The third-order valence-electron chi connectivity index (χ3n) is 2.85. The predicted octanol–water partition coefficient (Wildman–Crippen LogP) is 2.76. The number of urea groups is 1.